The average Bonchev–Trinajstić information content (AvgIpc) is 2.47. The van der Waals surface area contributed by atoms with Crippen LogP contribution in [0, 0.1) is 0 Å². The number of carbonyl (C=O) groups excluding carboxylic acids is 1. The van der Waals surface area contributed by atoms with Gasteiger partial charge in [0.1, 0.15) is 0 Å². The van der Waals surface area contributed by atoms with Crippen molar-refractivity contribution < 1.29 is 14.7 Å². The quantitative estimate of drug-likeness (QED) is 0.517. The monoisotopic (exact) mass is 422 g/mol. The van der Waals surface area contributed by atoms with E-state index in [2.05, 4.69) is 43.8 Å². The first-order valence-corrected chi connectivity index (χ1v) is 8.82. The molecule has 0 aliphatic heterocycles. The number of carboxylic acid groups (broad SMARTS) is 1. The Bertz CT molecular complexity index is 445. The number of alkyl halides is 2. The van der Waals surface area contributed by atoms with Crippen LogP contribution >= 0.6 is 31.9 Å². The number of unbranched alkanes of at least 4 members (excludes halogenated alkanes) is 2. The second-order valence-corrected chi connectivity index (χ2v) is 5.44. The number of nitrogens with two attached hydrogens (primary N) is 1. The Morgan fingerprint density at radius 1 is 1.19 bits per heavy atom. The average molecular weight is 424 g/mol. The van der Waals surface area contributed by atoms with Gasteiger partial charge in [-0.3, -0.25) is 14.6 Å². The molecule has 1 amide bonds. The number of hydrogen-bond acceptors (Lipinski definition) is 3. The highest BCUT2D eigenvalue weighted by Crippen LogP contribution is 2.11. The van der Waals surface area contributed by atoms with Crippen molar-refractivity contribution in [3.8, 4) is 0 Å². The standard InChI is InChI=1S/C8H8Br2N2O.C6H12O2/c9-3-6-1-5(8(11)13)2-7(4-10)12-6;1-2-3-4-5-6(7)8/h1-2H,3-4H2,(H2,11,13);2-5H2,1H3,(H,7,8). The molecule has 0 atom stereocenters. The summed E-state index contributed by atoms with van der Waals surface area (Å²) in [5.74, 6) is -1.11. The molecule has 0 spiro atoms. The summed E-state index contributed by atoms with van der Waals surface area (Å²) < 4.78 is 0. The molecule has 118 valence electrons. The topological polar surface area (TPSA) is 93.3 Å². The van der Waals surface area contributed by atoms with Crippen LogP contribution in [0.4, 0.5) is 0 Å². The van der Waals surface area contributed by atoms with E-state index in [0.29, 0.717) is 22.6 Å². The normalized spacial score (nSPS) is 9.67. The van der Waals surface area contributed by atoms with E-state index in [1.807, 2.05) is 0 Å². The van der Waals surface area contributed by atoms with Gasteiger partial charge in [0.15, 0.2) is 0 Å². The highest BCUT2D eigenvalue weighted by molar-refractivity contribution is 9.08. The smallest absolute Gasteiger partial charge is 0.303 e. The Balaban J connectivity index is 0.000000433. The molecular weight excluding hydrogens is 404 g/mol. The van der Waals surface area contributed by atoms with Crippen LogP contribution in [0.5, 0.6) is 0 Å². The maximum Gasteiger partial charge on any atom is 0.303 e. The second kappa shape index (κ2) is 11.7. The van der Waals surface area contributed by atoms with E-state index in [4.69, 9.17) is 10.8 Å². The third-order valence-electron chi connectivity index (χ3n) is 2.48. The van der Waals surface area contributed by atoms with Gasteiger partial charge in [-0.25, -0.2) is 0 Å². The second-order valence-electron chi connectivity index (χ2n) is 4.32. The molecule has 1 rings (SSSR count). The number of pyridine rings is 1. The van der Waals surface area contributed by atoms with E-state index in [1.54, 1.807) is 12.1 Å². The van der Waals surface area contributed by atoms with Crippen molar-refractivity contribution in [1.82, 2.24) is 4.98 Å². The number of carboxylic acids is 1. The lowest BCUT2D eigenvalue weighted by molar-refractivity contribution is -0.137. The van der Waals surface area contributed by atoms with Crippen LogP contribution in [-0.4, -0.2) is 22.0 Å². The minimum Gasteiger partial charge on any atom is -0.481 e. The Hall–Kier alpha value is -0.950. The van der Waals surface area contributed by atoms with Crippen molar-refractivity contribution >= 4 is 43.7 Å². The number of amides is 1. The Morgan fingerprint density at radius 3 is 2.05 bits per heavy atom. The predicted molar refractivity (Wildman–Crippen MR) is 89.8 cm³/mol. The van der Waals surface area contributed by atoms with Crippen LogP contribution in [0.2, 0.25) is 0 Å². The highest BCUT2D eigenvalue weighted by Gasteiger charge is 2.05. The fourth-order valence-corrected chi connectivity index (χ4v) is 2.03. The van der Waals surface area contributed by atoms with E-state index in [1.165, 1.54) is 0 Å². The lowest BCUT2D eigenvalue weighted by Gasteiger charge is -2.02. The summed E-state index contributed by atoms with van der Waals surface area (Å²) in [6, 6.07) is 3.37. The van der Waals surface area contributed by atoms with Gasteiger partial charge >= 0.3 is 5.97 Å². The van der Waals surface area contributed by atoms with Gasteiger partial charge in [-0.2, -0.15) is 0 Å². The summed E-state index contributed by atoms with van der Waals surface area (Å²) in [6.45, 7) is 2.06. The number of halogens is 2. The number of primary amides is 1. The third-order valence-corrected chi connectivity index (χ3v) is 3.63. The summed E-state index contributed by atoms with van der Waals surface area (Å²) in [5, 5.41) is 9.38. The number of hydrogen-bond donors (Lipinski definition) is 2. The fourth-order valence-electron chi connectivity index (χ4n) is 1.46. The first-order chi connectivity index (χ1) is 9.94. The van der Waals surface area contributed by atoms with Crippen LogP contribution in [-0.2, 0) is 15.5 Å². The van der Waals surface area contributed by atoms with Crippen LogP contribution in [0.1, 0.15) is 54.4 Å². The van der Waals surface area contributed by atoms with Gasteiger partial charge in [-0.1, -0.05) is 51.6 Å². The van der Waals surface area contributed by atoms with Gasteiger partial charge in [-0.05, 0) is 18.6 Å². The van der Waals surface area contributed by atoms with Crippen LogP contribution in [0.15, 0.2) is 12.1 Å². The Morgan fingerprint density at radius 2 is 1.71 bits per heavy atom. The van der Waals surface area contributed by atoms with Crippen molar-refractivity contribution in [2.45, 2.75) is 43.3 Å². The minimum absolute atomic E-state index is 0.327. The molecule has 21 heavy (non-hydrogen) atoms. The molecule has 1 aromatic heterocycles. The zero-order valence-electron chi connectivity index (χ0n) is 11.9. The lowest BCUT2D eigenvalue weighted by Crippen LogP contribution is -2.12. The molecule has 0 fully saturated rings. The van der Waals surface area contributed by atoms with Crippen molar-refractivity contribution in [3.05, 3.63) is 29.1 Å². The van der Waals surface area contributed by atoms with Gasteiger partial charge in [0.2, 0.25) is 5.91 Å². The van der Waals surface area contributed by atoms with Gasteiger partial charge < -0.3 is 10.8 Å². The molecule has 0 radical (unpaired) electrons. The summed E-state index contributed by atoms with van der Waals surface area (Å²) in [7, 11) is 0. The third kappa shape index (κ3) is 9.57. The van der Waals surface area contributed by atoms with Crippen molar-refractivity contribution in [3.63, 3.8) is 0 Å². The van der Waals surface area contributed by atoms with Gasteiger partial charge in [0.25, 0.3) is 0 Å². The molecule has 0 unspecified atom stereocenters. The fraction of sp³-hybridized carbons (Fsp3) is 0.500. The van der Waals surface area contributed by atoms with Gasteiger partial charge in [0.05, 0.1) is 11.4 Å². The maximum absolute atomic E-state index is 10.9. The van der Waals surface area contributed by atoms with E-state index < -0.39 is 11.9 Å². The van der Waals surface area contributed by atoms with E-state index in [9.17, 15) is 9.59 Å². The molecule has 7 heteroatoms. The molecule has 0 aromatic carbocycles. The van der Waals surface area contributed by atoms with Crippen LogP contribution in [0.25, 0.3) is 0 Å². The van der Waals surface area contributed by atoms with Gasteiger partial charge in [0, 0.05) is 22.6 Å². The van der Waals surface area contributed by atoms with Crippen LogP contribution in [0.3, 0.4) is 0 Å². The molecule has 1 heterocycles. The number of carbonyl (C=O) groups is 2. The molecule has 5 nitrogen and oxygen atoms in total. The summed E-state index contributed by atoms with van der Waals surface area (Å²) in [5.41, 5.74) is 7.28. The van der Waals surface area contributed by atoms with Crippen molar-refractivity contribution in [2.24, 2.45) is 5.73 Å². The van der Waals surface area contributed by atoms with Gasteiger partial charge in [-0.15, -0.1) is 0 Å². The van der Waals surface area contributed by atoms with E-state index in [-0.39, 0.29) is 0 Å². The number of nitrogens with zero attached hydrogens (tertiary/aromatic N) is 1. The predicted octanol–water partition coefficient (Wildman–Crippen LogP) is 3.62. The first kappa shape index (κ1) is 20.1. The zero-order valence-corrected chi connectivity index (χ0v) is 15.1. The first-order valence-electron chi connectivity index (χ1n) is 6.57. The van der Waals surface area contributed by atoms with Crippen LogP contribution < -0.4 is 5.73 Å². The molecule has 0 aliphatic rings. The number of aliphatic carboxylic acids is 1. The number of rotatable bonds is 7. The minimum atomic E-state index is -0.682. The van der Waals surface area contributed by atoms with Crippen molar-refractivity contribution in [2.75, 3.05) is 0 Å². The molecule has 3 N–H and O–H groups in total. The molecule has 0 aliphatic carbocycles. The Kier molecular flexibility index (Phi) is 11.2. The molecule has 0 saturated carbocycles. The molecule has 0 bridgehead atoms. The highest BCUT2D eigenvalue weighted by atomic mass is 79.9. The summed E-state index contributed by atoms with van der Waals surface area (Å²) in [4.78, 5) is 25.0. The largest absolute Gasteiger partial charge is 0.481 e. The van der Waals surface area contributed by atoms with E-state index >= 15 is 0 Å². The summed E-state index contributed by atoms with van der Waals surface area (Å²) >= 11 is 6.55. The Labute approximate surface area is 141 Å². The summed E-state index contributed by atoms with van der Waals surface area (Å²) in [6.07, 6.45) is 3.28. The van der Waals surface area contributed by atoms with E-state index in [0.717, 1.165) is 30.7 Å². The molecular formula is C14H20Br2N2O3. The zero-order chi connectivity index (χ0) is 16.3. The molecule has 1 aromatic rings. The number of aromatic nitrogens is 1. The SMILES string of the molecule is CCCCCC(=O)O.NC(=O)c1cc(CBr)nc(CBr)c1. The lowest BCUT2D eigenvalue weighted by atomic mass is 10.2. The maximum atomic E-state index is 10.9. The molecule has 0 saturated heterocycles. The van der Waals surface area contributed by atoms with Crippen molar-refractivity contribution in [1.29, 1.82) is 0 Å².